The van der Waals surface area contributed by atoms with E-state index in [-0.39, 0.29) is 11.8 Å². The van der Waals surface area contributed by atoms with Crippen LogP contribution >= 0.6 is 0 Å². The van der Waals surface area contributed by atoms with Gasteiger partial charge in [-0.05, 0) is 13.8 Å². The molecule has 88 valence electrons. The molecule has 3 N–H and O–H groups in total. The highest BCUT2D eigenvalue weighted by atomic mass is 16.6. The van der Waals surface area contributed by atoms with Gasteiger partial charge in [-0.2, -0.15) is 0 Å². The molecule has 0 saturated carbocycles. The van der Waals surface area contributed by atoms with Gasteiger partial charge in [-0.1, -0.05) is 0 Å². The van der Waals surface area contributed by atoms with Crippen molar-refractivity contribution >= 4 is 13.3 Å². The van der Waals surface area contributed by atoms with E-state index in [0.29, 0.717) is 5.95 Å². The van der Waals surface area contributed by atoms with Crippen LogP contribution in [0.1, 0.15) is 13.8 Å². The van der Waals surface area contributed by atoms with Gasteiger partial charge in [0, 0.05) is 13.1 Å². The fourth-order valence-corrected chi connectivity index (χ4v) is 1.11. The van der Waals surface area contributed by atoms with Crippen LogP contribution in [0.2, 0.25) is 0 Å². The van der Waals surface area contributed by atoms with Crippen molar-refractivity contribution in [1.82, 2.24) is 9.55 Å². The summed E-state index contributed by atoms with van der Waals surface area (Å²) in [5.74, 6) is 0.173. The Hall–Kier alpha value is -1.54. The van der Waals surface area contributed by atoms with E-state index in [0.717, 1.165) is 6.20 Å². The number of nitrogens with one attached hydrogen (secondary N) is 1. The first kappa shape index (κ1) is 12.5. The van der Waals surface area contributed by atoms with Gasteiger partial charge in [0.15, 0.2) is 5.75 Å². The van der Waals surface area contributed by atoms with Gasteiger partial charge in [-0.15, -0.1) is 0 Å². The average Bonchev–Trinajstić information content (AvgIpc) is 2.16. The number of rotatable bonds is 4. The minimum absolute atomic E-state index is 0.133. The van der Waals surface area contributed by atoms with Crippen LogP contribution in [0.5, 0.6) is 5.75 Å². The molecule has 0 atom stereocenters. The maximum atomic E-state index is 11.6. The molecule has 1 aromatic rings. The van der Waals surface area contributed by atoms with Crippen LogP contribution < -0.4 is 15.5 Å². The van der Waals surface area contributed by atoms with Crippen LogP contribution in [0.15, 0.2) is 11.0 Å². The zero-order valence-corrected chi connectivity index (χ0v) is 9.34. The van der Waals surface area contributed by atoms with Crippen LogP contribution in [0.25, 0.3) is 0 Å². The van der Waals surface area contributed by atoms with Crippen molar-refractivity contribution in [3.63, 3.8) is 0 Å². The summed E-state index contributed by atoms with van der Waals surface area (Å²) < 4.78 is 5.71. The molecule has 0 saturated heterocycles. The maximum absolute atomic E-state index is 11.6. The highest BCUT2D eigenvalue weighted by Crippen LogP contribution is 2.06. The van der Waals surface area contributed by atoms with Gasteiger partial charge >= 0.3 is 7.32 Å². The molecular weight excluding hydrogens is 213 g/mol. The number of anilines is 1. The maximum Gasteiger partial charge on any atom is 0.707 e. The molecule has 0 radical (unpaired) electrons. The summed E-state index contributed by atoms with van der Waals surface area (Å²) in [4.78, 5) is 15.6. The molecule has 0 amide bonds. The molecule has 1 rings (SSSR count). The minimum atomic E-state index is -2.03. The van der Waals surface area contributed by atoms with E-state index in [1.165, 1.54) is 11.6 Å². The molecule has 1 aromatic heterocycles. The average molecular weight is 227 g/mol. The quantitative estimate of drug-likeness (QED) is 0.568. The molecule has 0 aliphatic rings. The van der Waals surface area contributed by atoms with Gasteiger partial charge in [0.05, 0.1) is 6.20 Å². The normalized spacial score (nSPS) is 10.4. The Labute approximate surface area is 92.9 Å². The summed E-state index contributed by atoms with van der Waals surface area (Å²) in [6.07, 6.45) is 1.15. The first-order chi connectivity index (χ1) is 7.41. The Morgan fingerprint density at radius 1 is 1.56 bits per heavy atom. The molecule has 8 heteroatoms. The topological polar surface area (TPSA) is 96.6 Å². The molecule has 0 aromatic carbocycles. The van der Waals surface area contributed by atoms with Gasteiger partial charge in [-0.3, -0.25) is 9.36 Å². The van der Waals surface area contributed by atoms with Crippen LogP contribution in [-0.2, 0) is 7.05 Å². The molecule has 0 aliphatic heterocycles. The first-order valence-electron chi connectivity index (χ1n) is 4.77. The third kappa shape index (κ3) is 2.98. The van der Waals surface area contributed by atoms with E-state index in [4.69, 9.17) is 10.0 Å². The lowest BCUT2D eigenvalue weighted by molar-refractivity contribution is 0.285. The first-order valence-corrected chi connectivity index (χ1v) is 4.77. The van der Waals surface area contributed by atoms with E-state index in [1.807, 2.05) is 13.8 Å². The van der Waals surface area contributed by atoms with Crippen molar-refractivity contribution in [1.29, 1.82) is 0 Å². The summed E-state index contributed by atoms with van der Waals surface area (Å²) in [6.45, 7) is 3.82. The lowest BCUT2D eigenvalue weighted by Crippen LogP contribution is -2.30. The minimum Gasteiger partial charge on any atom is -0.507 e. The van der Waals surface area contributed by atoms with Crippen LogP contribution in [-0.4, -0.2) is 33.0 Å². The fourth-order valence-electron chi connectivity index (χ4n) is 1.11. The van der Waals surface area contributed by atoms with Gasteiger partial charge in [0.25, 0.3) is 5.56 Å². The monoisotopic (exact) mass is 227 g/mol. The smallest absolute Gasteiger partial charge is 0.507 e. The molecule has 0 fully saturated rings. The Morgan fingerprint density at radius 3 is 2.69 bits per heavy atom. The van der Waals surface area contributed by atoms with E-state index < -0.39 is 12.9 Å². The molecule has 1 heterocycles. The van der Waals surface area contributed by atoms with Crippen molar-refractivity contribution in [3.8, 4) is 5.75 Å². The van der Waals surface area contributed by atoms with Gasteiger partial charge in [-0.25, -0.2) is 4.98 Å². The molecule has 0 spiro atoms. The predicted molar refractivity (Wildman–Crippen MR) is 59.1 cm³/mol. The number of hydrogen-bond donors (Lipinski definition) is 3. The van der Waals surface area contributed by atoms with Crippen LogP contribution in [0, 0.1) is 0 Å². The molecule has 0 aliphatic carbocycles. The van der Waals surface area contributed by atoms with Crippen molar-refractivity contribution < 1.29 is 14.7 Å². The zero-order valence-electron chi connectivity index (χ0n) is 9.34. The summed E-state index contributed by atoms with van der Waals surface area (Å²) in [6, 6.07) is 0.133. The third-order valence-electron chi connectivity index (χ3n) is 1.79. The Bertz CT molecular complexity index is 418. The fraction of sp³-hybridized carbons (Fsp3) is 0.500. The third-order valence-corrected chi connectivity index (χ3v) is 1.79. The second-order valence-electron chi connectivity index (χ2n) is 3.55. The van der Waals surface area contributed by atoms with Crippen molar-refractivity contribution in [2.75, 3.05) is 5.32 Å². The van der Waals surface area contributed by atoms with Crippen LogP contribution in [0.3, 0.4) is 0 Å². The molecule has 0 unspecified atom stereocenters. The Kier molecular flexibility index (Phi) is 3.91. The SMILES string of the molecule is CC(C)Nc1ncc(OB(O)O)c(=O)n1C. The number of aromatic nitrogens is 2. The van der Waals surface area contributed by atoms with Gasteiger partial charge in [0.2, 0.25) is 5.95 Å². The van der Waals surface area contributed by atoms with E-state index in [2.05, 4.69) is 15.0 Å². The second-order valence-corrected chi connectivity index (χ2v) is 3.55. The van der Waals surface area contributed by atoms with Crippen molar-refractivity contribution in [2.45, 2.75) is 19.9 Å². The summed E-state index contributed by atoms with van der Waals surface area (Å²) >= 11 is 0. The number of nitrogens with zero attached hydrogens (tertiary/aromatic N) is 2. The highest BCUT2D eigenvalue weighted by molar-refractivity contribution is 6.33. The summed E-state index contributed by atoms with van der Waals surface area (Å²) in [7, 11) is -0.519. The van der Waals surface area contributed by atoms with E-state index >= 15 is 0 Å². The lowest BCUT2D eigenvalue weighted by atomic mass is 10.2. The highest BCUT2D eigenvalue weighted by Gasteiger charge is 2.16. The molecule has 16 heavy (non-hydrogen) atoms. The van der Waals surface area contributed by atoms with Crippen LogP contribution in [0.4, 0.5) is 5.95 Å². The standard InChI is InChI=1S/C8H14BN3O4/c1-5(2)11-8-10-4-6(16-9(14)15)7(13)12(8)3/h4-5,14-15H,1-3H3,(H,10,11). The van der Waals surface area contributed by atoms with Crippen molar-refractivity contribution in [3.05, 3.63) is 16.6 Å². The lowest BCUT2D eigenvalue weighted by Gasteiger charge is -2.13. The Balaban J connectivity index is 3.04. The summed E-state index contributed by atoms with van der Waals surface area (Å²) in [5, 5.41) is 20.1. The van der Waals surface area contributed by atoms with Gasteiger partial charge in [0.1, 0.15) is 0 Å². The molecule has 0 bridgehead atoms. The Morgan fingerprint density at radius 2 is 2.19 bits per heavy atom. The molecule has 7 nitrogen and oxygen atoms in total. The number of hydrogen-bond acceptors (Lipinski definition) is 6. The predicted octanol–water partition coefficient (Wildman–Crippen LogP) is -1.05. The van der Waals surface area contributed by atoms with Crippen molar-refractivity contribution in [2.24, 2.45) is 7.05 Å². The summed E-state index contributed by atoms with van der Waals surface area (Å²) in [5.41, 5.74) is -0.494. The second kappa shape index (κ2) is 5.00. The van der Waals surface area contributed by atoms with E-state index in [1.54, 1.807) is 0 Å². The zero-order chi connectivity index (χ0) is 12.3. The molecular formula is C8H14BN3O4. The van der Waals surface area contributed by atoms with Gasteiger partial charge < -0.3 is 20.0 Å². The van der Waals surface area contributed by atoms with E-state index in [9.17, 15) is 4.79 Å². The largest absolute Gasteiger partial charge is 0.707 e.